The van der Waals surface area contributed by atoms with Crippen LogP contribution in [0.5, 0.6) is 0 Å². The lowest BCUT2D eigenvalue weighted by Crippen LogP contribution is -2.43. The standard InChI is InChI=1S/C15H18F3N5O/c16-15(17,18)11-21-14(24)23(10-13-2-4-19-5-3-13)8-1-7-22-9-6-20-12-22/h2-6,9,12H,1,7-8,10-11H2,(H,21,24). The van der Waals surface area contributed by atoms with Gasteiger partial charge in [0, 0.05) is 44.4 Å². The van der Waals surface area contributed by atoms with Gasteiger partial charge in [0.05, 0.1) is 6.33 Å². The van der Waals surface area contributed by atoms with E-state index in [-0.39, 0.29) is 6.54 Å². The largest absolute Gasteiger partial charge is 0.405 e. The van der Waals surface area contributed by atoms with Gasteiger partial charge < -0.3 is 14.8 Å². The summed E-state index contributed by atoms with van der Waals surface area (Å²) in [5.41, 5.74) is 0.801. The lowest BCUT2D eigenvalue weighted by molar-refractivity contribution is -0.123. The van der Waals surface area contributed by atoms with E-state index in [2.05, 4.69) is 9.97 Å². The Bertz CT molecular complexity index is 616. The third-order valence-corrected chi connectivity index (χ3v) is 3.25. The number of hydrogen-bond donors (Lipinski definition) is 1. The van der Waals surface area contributed by atoms with Crippen molar-refractivity contribution in [1.29, 1.82) is 0 Å². The average Bonchev–Trinajstić information content (AvgIpc) is 3.05. The molecule has 2 aromatic heterocycles. The Labute approximate surface area is 137 Å². The Balaban J connectivity index is 1.93. The first-order valence-electron chi connectivity index (χ1n) is 7.38. The number of pyridine rings is 1. The number of halogens is 3. The molecule has 2 rings (SSSR count). The van der Waals surface area contributed by atoms with Gasteiger partial charge in [0.1, 0.15) is 6.54 Å². The van der Waals surface area contributed by atoms with Crippen molar-refractivity contribution >= 4 is 6.03 Å². The predicted molar refractivity (Wildman–Crippen MR) is 80.9 cm³/mol. The first-order chi connectivity index (χ1) is 11.4. The van der Waals surface area contributed by atoms with Crippen molar-refractivity contribution in [3.63, 3.8) is 0 Å². The molecule has 0 spiro atoms. The van der Waals surface area contributed by atoms with Crippen molar-refractivity contribution < 1.29 is 18.0 Å². The van der Waals surface area contributed by atoms with E-state index < -0.39 is 18.8 Å². The molecule has 2 amide bonds. The molecule has 0 atom stereocenters. The zero-order valence-electron chi connectivity index (χ0n) is 12.9. The minimum Gasteiger partial charge on any atom is -0.337 e. The van der Waals surface area contributed by atoms with Gasteiger partial charge in [-0.25, -0.2) is 9.78 Å². The van der Waals surface area contributed by atoms with E-state index in [0.29, 0.717) is 19.5 Å². The molecule has 1 N–H and O–H groups in total. The number of aromatic nitrogens is 3. The van der Waals surface area contributed by atoms with Crippen molar-refractivity contribution in [2.75, 3.05) is 13.1 Å². The number of nitrogens with zero attached hydrogens (tertiary/aromatic N) is 4. The zero-order valence-corrected chi connectivity index (χ0v) is 12.9. The fourth-order valence-electron chi connectivity index (χ4n) is 2.11. The number of nitrogens with one attached hydrogen (secondary N) is 1. The molecule has 9 heteroatoms. The normalized spacial score (nSPS) is 11.3. The summed E-state index contributed by atoms with van der Waals surface area (Å²) in [6.45, 7) is -0.181. The summed E-state index contributed by atoms with van der Waals surface area (Å²) in [7, 11) is 0. The molecule has 24 heavy (non-hydrogen) atoms. The number of carbonyl (C=O) groups excluding carboxylic acids is 1. The quantitative estimate of drug-likeness (QED) is 0.841. The van der Waals surface area contributed by atoms with Crippen LogP contribution in [0.2, 0.25) is 0 Å². The Hall–Kier alpha value is -2.58. The Kier molecular flexibility index (Phi) is 6.16. The second-order valence-electron chi connectivity index (χ2n) is 5.20. The molecule has 0 saturated heterocycles. The number of carbonyl (C=O) groups is 1. The van der Waals surface area contributed by atoms with Crippen molar-refractivity contribution in [2.24, 2.45) is 0 Å². The van der Waals surface area contributed by atoms with Crippen LogP contribution in [0.25, 0.3) is 0 Å². The van der Waals surface area contributed by atoms with Crippen LogP contribution < -0.4 is 5.32 Å². The van der Waals surface area contributed by atoms with Crippen LogP contribution in [0, 0.1) is 0 Å². The fourth-order valence-corrected chi connectivity index (χ4v) is 2.11. The maximum absolute atomic E-state index is 12.3. The van der Waals surface area contributed by atoms with Crippen LogP contribution >= 0.6 is 0 Å². The van der Waals surface area contributed by atoms with Gasteiger partial charge in [-0.2, -0.15) is 13.2 Å². The van der Waals surface area contributed by atoms with Crippen LogP contribution in [0.15, 0.2) is 43.2 Å². The van der Waals surface area contributed by atoms with Gasteiger partial charge in [0.25, 0.3) is 0 Å². The van der Waals surface area contributed by atoms with E-state index in [9.17, 15) is 18.0 Å². The Morgan fingerprint density at radius 1 is 1.21 bits per heavy atom. The van der Waals surface area contributed by atoms with Gasteiger partial charge in [0.2, 0.25) is 0 Å². The first kappa shape index (κ1) is 17.8. The molecule has 130 valence electrons. The summed E-state index contributed by atoms with van der Waals surface area (Å²) in [6.07, 6.45) is 4.40. The highest BCUT2D eigenvalue weighted by atomic mass is 19.4. The Morgan fingerprint density at radius 3 is 2.58 bits per heavy atom. The monoisotopic (exact) mass is 341 g/mol. The third-order valence-electron chi connectivity index (χ3n) is 3.25. The van der Waals surface area contributed by atoms with Crippen LogP contribution in [-0.2, 0) is 13.1 Å². The van der Waals surface area contributed by atoms with Gasteiger partial charge in [-0.15, -0.1) is 0 Å². The fraction of sp³-hybridized carbons (Fsp3) is 0.400. The van der Waals surface area contributed by atoms with Gasteiger partial charge in [-0.1, -0.05) is 0 Å². The summed E-state index contributed by atoms with van der Waals surface area (Å²) >= 11 is 0. The summed E-state index contributed by atoms with van der Waals surface area (Å²) in [4.78, 5) is 21.2. The Morgan fingerprint density at radius 2 is 1.96 bits per heavy atom. The molecular weight excluding hydrogens is 323 g/mol. The predicted octanol–water partition coefficient (Wildman–Crippen LogP) is 2.44. The van der Waals surface area contributed by atoms with Crippen molar-refractivity contribution in [3.05, 3.63) is 48.8 Å². The van der Waals surface area contributed by atoms with Crippen LogP contribution in [0.3, 0.4) is 0 Å². The van der Waals surface area contributed by atoms with Crippen molar-refractivity contribution in [2.45, 2.75) is 25.7 Å². The van der Waals surface area contributed by atoms with E-state index in [1.54, 1.807) is 43.2 Å². The minimum atomic E-state index is -4.44. The number of urea groups is 1. The van der Waals surface area contributed by atoms with Gasteiger partial charge in [-0.3, -0.25) is 4.98 Å². The van der Waals surface area contributed by atoms with Crippen LogP contribution in [0.4, 0.5) is 18.0 Å². The maximum atomic E-state index is 12.3. The molecule has 0 aromatic carbocycles. The second kappa shape index (κ2) is 8.32. The van der Waals surface area contributed by atoms with Gasteiger partial charge in [0.15, 0.2) is 0 Å². The SMILES string of the molecule is O=C(NCC(F)(F)F)N(CCCn1ccnc1)Cc1ccncc1. The number of hydrogen-bond acceptors (Lipinski definition) is 3. The van der Waals surface area contributed by atoms with E-state index in [0.717, 1.165) is 5.56 Å². The van der Waals surface area contributed by atoms with E-state index in [1.165, 1.54) is 4.90 Å². The first-order valence-corrected chi connectivity index (χ1v) is 7.38. The van der Waals surface area contributed by atoms with Gasteiger partial charge >= 0.3 is 12.2 Å². The molecule has 0 radical (unpaired) electrons. The van der Waals surface area contributed by atoms with E-state index in [4.69, 9.17) is 0 Å². The third kappa shape index (κ3) is 6.27. The smallest absolute Gasteiger partial charge is 0.337 e. The number of alkyl halides is 3. The summed E-state index contributed by atoms with van der Waals surface area (Å²) in [5, 5.41) is 1.91. The molecule has 0 fully saturated rings. The molecule has 0 saturated carbocycles. The number of imidazole rings is 1. The lowest BCUT2D eigenvalue weighted by Gasteiger charge is -2.23. The molecule has 0 aliphatic carbocycles. The number of aryl methyl sites for hydroxylation is 1. The highest BCUT2D eigenvalue weighted by molar-refractivity contribution is 5.74. The summed E-state index contributed by atoms with van der Waals surface area (Å²) < 4.78 is 38.7. The topological polar surface area (TPSA) is 63.1 Å². The maximum Gasteiger partial charge on any atom is 0.405 e. The number of rotatable bonds is 7. The van der Waals surface area contributed by atoms with Crippen molar-refractivity contribution in [1.82, 2.24) is 24.8 Å². The zero-order chi connectivity index (χ0) is 17.4. The number of amides is 2. The summed E-state index contributed by atoms with van der Waals surface area (Å²) in [6, 6.07) is 2.70. The van der Waals surface area contributed by atoms with Crippen molar-refractivity contribution in [3.8, 4) is 0 Å². The summed E-state index contributed by atoms with van der Waals surface area (Å²) in [5.74, 6) is 0. The molecule has 0 unspecified atom stereocenters. The highest BCUT2D eigenvalue weighted by Crippen LogP contribution is 2.13. The molecular formula is C15H18F3N5O. The van der Waals surface area contributed by atoms with E-state index in [1.807, 2.05) is 9.88 Å². The average molecular weight is 341 g/mol. The van der Waals surface area contributed by atoms with E-state index >= 15 is 0 Å². The highest BCUT2D eigenvalue weighted by Gasteiger charge is 2.28. The van der Waals surface area contributed by atoms with Crippen LogP contribution in [0.1, 0.15) is 12.0 Å². The molecule has 0 aliphatic heterocycles. The second-order valence-corrected chi connectivity index (χ2v) is 5.20. The molecule has 0 aliphatic rings. The molecule has 0 bridgehead atoms. The lowest BCUT2D eigenvalue weighted by atomic mass is 10.2. The molecule has 2 aromatic rings. The molecule has 6 nitrogen and oxygen atoms in total. The molecule has 2 heterocycles. The van der Waals surface area contributed by atoms with Crippen LogP contribution in [-0.4, -0.2) is 44.7 Å². The minimum absolute atomic E-state index is 0.218. The van der Waals surface area contributed by atoms with Gasteiger partial charge in [-0.05, 0) is 24.1 Å².